The van der Waals surface area contributed by atoms with E-state index in [1.165, 1.54) is 12.1 Å². The van der Waals surface area contributed by atoms with E-state index in [1.54, 1.807) is 0 Å². The van der Waals surface area contributed by atoms with Crippen LogP contribution in [-0.2, 0) is 13.0 Å². The van der Waals surface area contributed by atoms with Crippen molar-refractivity contribution in [1.29, 1.82) is 0 Å². The molecule has 0 aliphatic carbocycles. The molecule has 0 saturated heterocycles. The largest absolute Gasteiger partial charge is 0.489 e. The second-order valence-electron chi connectivity index (χ2n) is 4.44. The lowest BCUT2D eigenvalue weighted by atomic mass is 10.1. The van der Waals surface area contributed by atoms with E-state index >= 15 is 0 Å². The number of aromatic carboxylic acids is 1. The molecule has 4 heteroatoms. The predicted octanol–water partition coefficient (Wildman–Crippen LogP) is 3.67. The highest BCUT2D eigenvalue weighted by molar-refractivity contribution is 5.87. The molecule has 0 unspecified atom stereocenters. The standard InChI is InChI=1S/C16H15FO3/c1-2-11-4-3-5-15(8-11)20-10-12-6-13(16(18)19)9-14(17)7-12/h3-9H,2,10H2,1H3,(H,18,19). The molecule has 20 heavy (non-hydrogen) atoms. The highest BCUT2D eigenvalue weighted by atomic mass is 19.1. The highest BCUT2D eigenvalue weighted by Crippen LogP contribution is 2.17. The third-order valence-corrected chi connectivity index (χ3v) is 2.92. The summed E-state index contributed by atoms with van der Waals surface area (Å²) < 4.78 is 18.9. The van der Waals surface area contributed by atoms with Crippen LogP contribution in [0.5, 0.6) is 5.75 Å². The SMILES string of the molecule is CCc1cccc(OCc2cc(F)cc(C(=O)O)c2)c1. The Balaban J connectivity index is 2.12. The van der Waals surface area contributed by atoms with Crippen LogP contribution in [0.4, 0.5) is 4.39 Å². The summed E-state index contributed by atoms with van der Waals surface area (Å²) in [6.07, 6.45) is 0.903. The summed E-state index contributed by atoms with van der Waals surface area (Å²) in [5.74, 6) is -1.05. The normalized spacial score (nSPS) is 10.3. The van der Waals surface area contributed by atoms with Crippen molar-refractivity contribution in [2.24, 2.45) is 0 Å². The molecule has 0 amide bonds. The van der Waals surface area contributed by atoms with Crippen LogP contribution >= 0.6 is 0 Å². The molecule has 0 radical (unpaired) electrons. The summed E-state index contributed by atoms with van der Waals surface area (Å²) >= 11 is 0. The molecule has 0 heterocycles. The number of benzene rings is 2. The average Bonchev–Trinajstić information content (AvgIpc) is 2.44. The van der Waals surface area contributed by atoms with E-state index in [1.807, 2.05) is 31.2 Å². The van der Waals surface area contributed by atoms with Gasteiger partial charge in [-0.3, -0.25) is 0 Å². The minimum Gasteiger partial charge on any atom is -0.489 e. The van der Waals surface area contributed by atoms with Gasteiger partial charge in [0.15, 0.2) is 0 Å². The van der Waals surface area contributed by atoms with Gasteiger partial charge in [-0.15, -0.1) is 0 Å². The first-order valence-electron chi connectivity index (χ1n) is 6.33. The van der Waals surface area contributed by atoms with E-state index < -0.39 is 11.8 Å². The number of aryl methyl sites for hydroxylation is 1. The minimum atomic E-state index is -1.15. The summed E-state index contributed by atoms with van der Waals surface area (Å²) in [7, 11) is 0. The Kier molecular flexibility index (Phi) is 4.35. The molecule has 2 rings (SSSR count). The maximum absolute atomic E-state index is 13.3. The second kappa shape index (κ2) is 6.19. The summed E-state index contributed by atoms with van der Waals surface area (Å²) in [5, 5.41) is 8.88. The van der Waals surface area contributed by atoms with Gasteiger partial charge in [-0.1, -0.05) is 19.1 Å². The van der Waals surface area contributed by atoms with E-state index in [4.69, 9.17) is 9.84 Å². The third kappa shape index (κ3) is 3.57. The molecule has 3 nitrogen and oxygen atoms in total. The Bertz CT molecular complexity index is 623. The van der Waals surface area contributed by atoms with Crippen LogP contribution in [0, 0.1) is 5.82 Å². The summed E-state index contributed by atoms with van der Waals surface area (Å²) in [6.45, 7) is 2.18. The van der Waals surface area contributed by atoms with Crippen molar-refractivity contribution in [1.82, 2.24) is 0 Å². The van der Waals surface area contributed by atoms with Crippen molar-refractivity contribution in [2.75, 3.05) is 0 Å². The van der Waals surface area contributed by atoms with Crippen molar-refractivity contribution >= 4 is 5.97 Å². The Labute approximate surface area is 116 Å². The predicted molar refractivity (Wildman–Crippen MR) is 73.5 cm³/mol. The molecule has 0 atom stereocenters. The molecule has 1 N–H and O–H groups in total. The zero-order chi connectivity index (χ0) is 14.5. The number of carbonyl (C=O) groups is 1. The van der Waals surface area contributed by atoms with Crippen LogP contribution in [0.25, 0.3) is 0 Å². The van der Waals surface area contributed by atoms with E-state index in [-0.39, 0.29) is 12.2 Å². The average molecular weight is 274 g/mol. The molecule has 0 aliphatic rings. The van der Waals surface area contributed by atoms with Crippen LogP contribution in [0.15, 0.2) is 42.5 Å². The first kappa shape index (κ1) is 14.1. The Morgan fingerprint density at radius 1 is 1.20 bits per heavy atom. The fraction of sp³-hybridized carbons (Fsp3) is 0.188. The number of rotatable bonds is 5. The van der Waals surface area contributed by atoms with E-state index in [0.29, 0.717) is 11.3 Å². The summed E-state index contributed by atoms with van der Waals surface area (Å²) in [4.78, 5) is 10.9. The number of hydrogen-bond donors (Lipinski definition) is 1. The van der Waals surface area contributed by atoms with Crippen molar-refractivity contribution in [3.05, 3.63) is 65.0 Å². The van der Waals surface area contributed by atoms with Crippen LogP contribution in [0.3, 0.4) is 0 Å². The molecule has 104 valence electrons. The molecule has 0 aromatic heterocycles. The van der Waals surface area contributed by atoms with Gasteiger partial charge >= 0.3 is 5.97 Å². The zero-order valence-corrected chi connectivity index (χ0v) is 11.1. The molecule has 0 aliphatic heterocycles. The topological polar surface area (TPSA) is 46.5 Å². The fourth-order valence-electron chi connectivity index (χ4n) is 1.88. The third-order valence-electron chi connectivity index (χ3n) is 2.92. The van der Waals surface area contributed by atoms with Crippen molar-refractivity contribution in [2.45, 2.75) is 20.0 Å². The number of hydrogen-bond acceptors (Lipinski definition) is 2. The highest BCUT2D eigenvalue weighted by Gasteiger charge is 2.07. The fourth-order valence-corrected chi connectivity index (χ4v) is 1.88. The number of carboxylic acid groups (broad SMARTS) is 1. The van der Waals surface area contributed by atoms with Gasteiger partial charge in [0.05, 0.1) is 5.56 Å². The number of halogens is 1. The smallest absolute Gasteiger partial charge is 0.335 e. The lowest BCUT2D eigenvalue weighted by Crippen LogP contribution is -2.02. The van der Waals surface area contributed by atoms with E-state index in [9.17, 15) is 9.18 Å². The Morgan fingerprint density at radius 3 is 2.70 bits per heavy atom. The van der Waals surface area contributed by atoms with Gasteiger partial charge in [0, 0.05) is 0 Å². The summed E-state index contributed by atoms with van der Waals surface area (Å²) in [5.41, 5.74) is 1.56. The van der Waals surface area contributed by atoms with Gasteiger partial charge < -0.3 is 9.84 Å². The van der Waals surface area contributed by atoms with Crippen molar-refractivity contribution < 1.29 is 19.0 Å². The molecule has 0 saturated carbocycles. The first-order chi connectivity index (χ1) is 9.58. The van der Waals surface area contributed by atoms with Gasteiger partial charge in [-0.25, -0.2) is 9.18 Å². The van der Waals surface area contributed by atoms with Crippen LogP contribution in [-0.4, -0.2) is 11.1 Å². The van der Waals surface area contributed by atoms with Crippen LogP contribution < -0.4 is 4.74 Å². The maximum atomic E-state index is 13.3. The molecular weight excluding hydrogens is 259 g/mol. The van der Waals surface area contributed by atoms with Crippen LogP contribution in [0.1, 0.15) is 28.4 Å². The maximum Gasteiger partial charge on any atom is 0.335 e. The second-order valence-corrected chi connectivity index (χ2v) is 4.44. The lowest BCUT2D eigenvalue weighted by Gasteiger charge is -2.08. The first-order valence-corrected chi connectivity index (χ1v) is 6.33. The molecule has 0 fully saturated rings. The zero-order valence-electron chi connectivity index (χ0n) is 11.1. The quantitative estimate of drug-likeness (QED) is 0.905. The summed E-state index contributed by atoms with van der Waals surface area (Å²) in [6, 6.07) is 11.3. The van der Waals surface area contributed by atoms with Gasteiger partial charge in [-0.05, 0) is 47.9 Å². The van der Waals surface area contributed by atoms with Gasteiger partial charge in [0.2, 0.25) is 0 Å². The van der Waals surface area contributed by atoms with Gasteiger partial charge in [-0.2, -0.15) is 0 Å². The number of ether oxygens (including phenoxy) is 1. The van der Waals surface area contributed by atoms with E-state index in [2.05, 4.69) is 0 Å². The van der Waals surface area contributed by atoms with Crippen LogP contribution in [0.2, 0.25) is 0 Å². The molecule has 2 aromatic rings. The van der Waals surface area contributed by atoms with E-state index in [0.717, 1.165) is 18.1 Å². The lowest BCUT2D eigenvalue weighted by molar-refractivity contribution is 0.0696. The Morgan fingerprint density at radius 2 is 2.00 bits per heavy atom. The van der Waals surface area contributed by atoms with Gasteiger partial charge in [0.25, 0.3) is 0 Å². The molecule has 2 aromatic carbocycles. The van der Waals surface area contributed by atoms with Crippen molar-refractivity contribution in [3.63, 3.8) is 0 Å². The number of carboxylic acids is 1. The minimum absolute atomic E-state index is 0.0779. The Hall–Kier alpha value is -2.36. The molecular formula is C16H15FO3. The monoisotopic (exact) mass is 274 g/mol. The molecule has 0 spiro atoms. The van der Waals surface area contributed by atoms with Gasteiger partial charge in [0.1, 0.15) is 18.2 Å². The van der Waals surface area contributed by atoms with Crippen molar-refractivity contribution in [3.8, 4) is 5.75 Å². The molecule has 0 bridgehead atoms.